The Bertz CT molecular complexity index is 624. The van der Waals surface area contributed by atoms with Gasteiger partial charge in [0, 0.05) is 11.1 Å². The number of aromatic nitrogens is 2. The average molecular weight is 292 g/mol. The Hall–Kier alpha value is -2.48. The summed E-state index contributed by atoms with van der Waals surface area (Å²) in [5, 5.41) is 13.4. The number of rotatable bonds is 5. The number of anilines is 1. The summed E-state index contributed by atoms with van der Waals surface area (Å²) in [6.45, 7) is 0.200. The number of pyridine rings is 1. The number of carbonyl (C=O) groups is 2. The van der Waals surface area contributed by atoms with Crippen LogP contribution in [0, 0.1) is 0 Å². The normalized spacial score (nSPS) is 10.2. The van der Waals surface area contributed by atoms with Gasteiger partial charge in [-0.2, -0.15) is 0 Å². The maximum absolute atomic E-state index is 11.7. The molecule has 4 N–H and O–H groups in total. The minimum absolute atomic E-state index is 0.0144. The summed E-state index contributed by atoms with van der Waals surface area (Å²) in [6, 6.07) is 3.36. The van der Waals surface area contributed by atoms with E-state index in [2.05, 4.69) is 15.3 Å². The van der Waals surface area contributed by atoms with Crippen LogP contribution in [-0.2, 0) is 17.8 Å². The lowest BCUT2D eigenvalue weighted by Crippen LogP contribution is -2.24. The Labute approximate surface area is 118 Å². The molecule has 20 heavy (non-hydrogen) atoms. The molecule has 2 heterocycles. The fraction of sp³-hybridized carbons (Fsp3) is 0.167. The summed E-state index contributed by atoms with van der Waals surface area (Å²) in [7, 11) is 0. The van der Waals surface area contributed by atoms with Crippen LogP contribution in [0.25, 0.3) is 0 Å². The third kappa shape index (κ3) is 3.75. The van der Waals surface area contributed by atoms with Crippen LogP contribution in [-0.4, -0.2) is 27.0 Å². The van der Waals surface area contributed by atoms with Crippen molar-refractivity contribution in [3.05, 3.63) is 40.1 Å². The second-order valence-electron chi connectivity index (χ2n) is 3.97. The van der Waals surface area contributed by atoms with Gasteiger partial charge in [0.1, 0.15) is 5.01 Å². The number of nitrogens with zero attached hydrogens (tertiary/aromatic N) is 2. The standard InChI is InChI=1S/C12H12N4O3S/c13-7-1-2-8(14-4-7)3-10(17)15-5-11-16-9(6-20-11)12(18)19/h1-2,4,6H,3,5,13H2,(H,15,17)(H,18,19). The number of hydrogen-bond donors (Lipinski definition) is 3. The summed E-state index contributed by atoms with van der Waals surface area (Å²) in [4.78, 5) is 30.2. The molecule has 1 amide bonds. The van der Waals surface area contributed by atoms with Gasteiger partial charge < -0.3 is 16.2 Å². The van der Waals surface area contributed by atoms with Crippen molar-refractivity contribution >= 4 is 28.9 Å². The number of nitrogens with two attached hydrogens (primary N) is 1. The van der Waals surface area contributed by atoms with E-state index in [0.29, 0.717) is 16.4 Å². The van der Waals surface area contributed by atoms with Gasteiger partial charge in [0.05, 0.1) is 24.8 Å². The number of carboxylic acid groups (broad SMARTS) is 1. The van der Waals surface area contributed by atoms with Crippen molar-refractivity contribution in [2.75, 3.05) is 5.73 Å². The molecule has 2 rings (SSSR count). The molecule has 0 aromatic carbocycles. The molecule has 0 aliphatic rings. The summed E-state index contributed by atoms with van der Waals surface area (Å²) in [5.74, 6) is -1.29. The van der Waals surface area contributed by atoms with Crippen molar-refractivity contribution in [2.24, 2.45) is 0 Å². The molecule has 0 fully saturated rings. The maximum atomic E-state index is 11.7. The van der Waals surface area contributed by atoms with E-state index in [0.717, 1.165) is 0 Å². The van der Waals surface area contributed by atoms with E-state index in [1.165, 1.54) is 22.9 Å². The van der Waals surface area contributed by atoms with Crippen molar-refractivity contribution in [1.82, 2.24) is 15.3 Å². The van der Waals surface area contributed by atoms with Crippen LogP contribution in [0.15, 0.2) is 23.7 Å². The molecule has 0 unspecified atom stereocenters. The number of carboxylic acids is 1. The Morgan fingerprint density at radius 3 is 2.80 bits per heavy atom. The van der Waals surface area contributed by atoms with Gasteiger partial charge in [-0.1, -0.05) is 0 Å². The number of hydrogen-bond acceptors (Lipinski definition) is 6. The van der Waals surface area contributed by atoms with Crippen molar-refractivity contribution < 1.29 is 14.7 Å². The lowest BCUT2D eigenvalue weighted by atomic mass is 10.2. The molecule has 0 bridgehead atoms. The van der Waals surface area contributed by atoms with E-state index in [9.17, 15) is 9.59 Å². The predicted molar refractivity (Wildman–Crippen MR) is 73.3 cm³/mol. The lowest BCUT2D eigenvalue weighted by Gasteiger charge is -2.03. The van der Waals surface area contributed by atoms with Gasteiger partial charge in [0.25, 0.3) is 0 Å². The fourth-order valence-electron chi connectivity index (χ4n) is 1.43. The van der Waals surface area contributed by atoms with Crippen LogP contribution in [0.3, 0.4) is 0 Å². The van der Waals surface area contributed by atoms with Crippen molar-refractivity contribution in [3.8, 4) is 0 Å². The topological polar surface area (TPSA) is 118 Å². The molecular formula is C12H12N4O3S. The average Bonchev–Trinajstić information content (AvgIpc) is 2.88. The van der Waals surface area contributed by atoms with E-state index in [1.54, 1.807) is 12.1 Å². The first-order valence-corrected chi connectivity index (χ1v) is 6.57. The highest BCUT2D eigenvalue weighted by atomic mass is 32.1. The smallest absolute Gasteiger partial charge is 0.355 e. The van der Waals surface area contributed by atoms with Crippen LogP contribution in [0.4, 0.5) is 5.69 Å². The van der Waals surface area contributed by atoms with Gasteiger partial charge in [-0.25, -0.2) is 9.78 Å². The highest BCUT2D eigenvalue weighted by molar-refractivity contribution is 7.09. The third-order valence-electron chi connectivity index (χ3n) is 2.40. The molecule has 2 aromatic heterocycles. The first-order chi connectivity index (χ1) is 9.54. The molecule has 0 saturated heterocycles. The molecule has 7 nitrogen and oxygen atoms in total. The van der Waals surface area contributed by atoms with Crippen LogP contribution in [0.1, 0.15) is 21.2 Å². The maximum Gasteiger partial charge on any atom is 0.355 e. The second-order valence-corrected chi connectivity index (χ2v) is 4.91. The molecule has 8 heteroatoms. The quantitative estimate of drug-likeness (QED) is 0.745. The fourth-order valence-corrected chi connectivity index (χ4v) is 2.14. The zero-order valence-electron chi connectivity index (χ0n) is 10.4. The number of nitrogens with one attached hydrogen (secondary N) is 1. The lowest BCUT2D eigenvalue weighted by molar-refractivity contribution is -0.120. The van der Waals surface area contributed by atoms with Gasteiger partial charge in [0.2, 0.25) is 5.91 Å². The number of aromatic carboxylic acids is 1. The van der Waals surface area contributed by atoms with Crippen molar-refractivity contribution in [3.63, 3.8) is 0 Å². The Kier molecular flexibility index (Phi) is 4.26. The molecule has 0 saturated carbocycles. The Morgan fingerprint density at radius 1 is 1.40 bits per heavy atom. The van der Waals surface area contributed by atoms with Crippen molar-refractivity contribution in [1.29, 1.82) is 0 Å². The predicted octanol–water partition coefficient (Wildman–Crippen LogP) is 0.677. The molecule has 0 atom stereocenters. The van der Waals surface area contributed by atoms with E-state index in [1.807, 2.05) is 0 Å². The monoisotopic (exact) mass is 292 g/mol. The summed E-state index contributed by atoms with van der Waals surface area (Å²) >= 11 is 1.19. The molecule has 0 radical (unpaired) electrons. The Morgan fingerprint density at radius 2 is 2.20 bits per heavy atom. The zero-order chi connectivity index (χ0) is 14.5. The van der Waals surface area contributed by atoms with E-state index in [-0.39, 0.29) is 24.6 Å². The van der Waals surface area contributed by atoms with E-state index in [4.69, 9.17) is 10.8 Å². The Balaban J connectivity index is 1.85. The minimum Gasteiger partial charge on any atom is -0.476 e. The molecular weight excluding hydrogens is 280 g/mol. The van der Waals surface area contributed by atoms with E-state index >= 15 is 0 Å². The van der Waals surface area contributed by atoms with Gasteiger partial charge in [-0.05, 0) is 12.1 Å². The number of amides is 1. The molecule has 2 aromatic rings. The van der Waals surface area contributed by atoms with Crippen LogP contribution in [0.2, 0.25) is 0 Å². The van der Waals surface area contributed by atoms with Crippen LogP contribution < -0.4 is 11.1 Å². The summed E-state index contributed by atoms with van der Waals surface area (Å²) in [6.07, 6.45) is 1.63. The third-order valence-corrected chi connectivity index (χ3v) is 3.25. The van der Waals surface area contributed by atoms with Crippen LogP contribution in [0.5, 0.6) is 0 Å². The first kappa shape index (κ1) is 13.9. The van der Waals surface area contributed by atoms with Gasteiger partial charge in [-0.3, -0.25) is 9.78 Å². The van der Waals surface area contributed by atoms with Crippen molar-refractivity contribution in [2.45, 2.75) is 13.0 Å². The molecule has 0 aliphatic heterocycles. The summed E-state index contributed by atoms with van der Waals surface area (Å²) < 4.78 is 0. The highest BCUT2D eigenvalue weighted by Crippen LogP contribution is 2.09. The zero-order valence-corrected chi connectivity index (χ0v) is 11.2. The largest absolute Gasteiger partial charge is 0.476 e. The molecule has 0 spiro atoms. The number of carbonyl (C=O) groups excluding carboxylic acids is 1. The van der Waals surface area contributed by atoms with Gasteiger partial charge in [-0.15, -0.1) is 11.3 Å². The van der Waals surface area contributed by atoms with Gasteiger partial charge in [0.15, 0.2) is 5.69 Å². The molecule has 104 valence electrons. The summed E-state index contributed by atoms with van der Waals surface area (Å²) in [5.41, 5.74) is 6.64. The second kappa shape index (κ2) is 6.11. The first-order valence-electron chi connectivity index (χ1n) is 5.69. The number of thiazole rings is 1. The van der Waals surface area contributed by atoms with Gasteiger partial charge >= 0.3 is 5.97 Å². The van der Waals surface area contributed by atoms with E-state index < -0.39 is 5.97 Å². The SMILES string of the molecule is Nc1ccc(CC(=O)NCc2nc(C(=O)O)cs2)nc1. The number of nitrogen functional groups attached to an aromatic ring is 1. The highest BCUT2D eigenvalue weighted by Gasteiger charge is 2.10. The minimum atomic E-state index is -1.08. The molecule has 0 aliphatic carbocycles. The van der Waals surface area contributed by atoms with Crippen LogP contribution >= 0.6 is 11.3 Å².